The molecule has 5 heteroatoms. The summed E-state index contributed by atoms with van der Waals surface area (Å²) in [4.78, 5) is 12.3. The second kappa shape index (κ2) is 5.10. The molecule has 25 heavy (non-hydrogen) atoms. The van der Waals surface area contributed by atoms with Crippen molar-refractivity contribution in [1.82, 2.24) is 10.2 Å². The van der Waals surface area contributed by atoms with Gasteiger partial charge in [0.05, 0.1) is 24.4 Å². The van der Waals surface area contributed by atoms with E-state index in [4.69, 9.17) is 4.74 Å². The molecule has 0 aliphatic heterocycles. The molecule has 1 aromatic carbocycles. The van der Waals surface area contributed by atoms with Gasteiger partial charge in [-0.3, -0.25) is 4.79 Å². The lowest BCUT2D eigenvalue weighted by molar-refractivity contribution is -0.148. The first-order valence-corrected chi connectivity index (χ1v) is 8.53. The molecular formula is C20H21FN2O2. The number of carbonyl (C=O) groups is 1. The van der Waals surface area contributed by atoms with Crippen LogP contribution < -0.4 is 0 Å². The predicted molar refractivity (Wildman–Crippen MR) is 91.4 cm³/mol. The molecule has 1 saturated carbocycles. The van der Waals surface area contributed by atoms with Crippen LogP contribution in [0, 0.1) is 17.2 Å². The molecule has 4 nitrogen and oxygen atoms in total. The lowest BCUT2D eigenvalue weighted by atomic mass is 9.66. The fourth-order valence-corrected chi connectivity index (χ4v) is 4.91. The first-order chi connectivity index (χ1) is 11.8. The maximum absolute atomic E-state index is 14.1. The summed E-state index contributed by atoms with van der Waals surface area (Å²) in [6, 6.07) is 8.54. The highest BCUT2D eigenvalue weighted by Crippen LogP contribution is 2.69. The summed E-state index contributed by atoms with van der Waals surface area (Å²) >= 11 is 0. The quantitative estimate of drug-likeness (QED) is 0.779. The number of benzene rings is 1. The molecule has 1 fully saturated rings. The lowest BCUT2D eigenvalue weighted by Crippen LogP contribution is -2.42. The zero-order valence-corrected chi connectivity index (χ0v) is 14.8. The van der Waals surface area contributed by atoms with Crippen LogP contribution in [-0.4, -0.2) is 23.3 Å². The summed E-state index contributed by atoms with van der Waals surface area (Å²) in [5.74, 6) is -0.544. The van der Waals surface area contributed by atoms with Crippen molar-refractivity contribution < 1.29 is 13.9 Å². The van der Waals surface area contributed by atoms with Gasteiger partial charge in [0.2, 0.25) is 0 Å². The molecule has 4 rings (SSSR count). The molecule has 1 unspecified atom stereocenters. The highest BCUT2D eigenvalue weighted by Gasteiger charge is 2.67. The monoisotopic (exact) mass is 340 g/mol. The number of fused-ring (bicyclic) bond motifs is 5. The van der Waals surface area contributed by atoms with E-state index in [0.29, 0.717) is 11.3 Å². The van der Waals surface area contributed by atoms with Crippen LogP contribution in [0.15, 0.2) is 30.3 Å². The molecule has 0 spiro atoms. The van der Waals surface area contributed by atoms with Crippen molar-refractivity contribution in [2.24, 2.45) is 11.3 Å². The van der Waals surface area contributed by atoms with Gasteiger partial charge in [0.1, 0.15) is 5.82 Å². The van der Waals surface area contributed by atoms with Crippen LogP contribution in [0.4, 0.5) is 4.39 Å². The van der Waals surface area contributed by atoms with Gasteiger partial charge in [0.15, 0.2) is 0 Å². The van der Waals surface area contributed by atoms with E-state index in [1.165, 1.54) is 13.2 Å². The van der Waals surface area contributed by atoms with Crippen molar-refractivity contribution in [2.45, 2.75) is 38.5 Å². The Hall–Kier alpha value is -2.30. The number of nitrogens with zero attached hydrogens (tertiary/aromatic N) is 2. The molecule has 0 saturated heterocycles. The maximum atomic E-state index is 14.1. The minimum Gasteiger partial charge on any atom is -0.469 e. The molecule has 1 heterocycles. The van der Waals surface area contributed by atoms with Crippen molar-refractivity contribution in [3.05, 3.63) is 47.4 Å². The highest BCUT2D eigenvalue weighted by molar-refractivity contribution is 5.77. The number of hydrogen-bond acceptors (Lipinski definition) is 4. The third-order valence-electron chi connectivity index (χ3n) is 6.70. The van der Waals surface area contributed by atoms with Gasteiger partial charge in [-0.25, -0.2) is 4.39 Å². The van der Waals surface area contributed by atoms with Crippen LogP contribution in [0.2, 0.25) is 0 Å². The highest BCUT2D eigenvalue weighted by atomic mass is 19.1. The van der Waals surface area contributed by atoms with Crippen molar-refractivity contribution in [3.8, 4) is 11.3 Å². The van der Waals surface area contributed by atoms with Crippen molar-refractivity contribution >= 4 is 5.97 Å². The molecule has 0 radical (unpaired) electrons. The maximum Gasteiger partial charge on any atom is 0.309 e. The Balaban J connectivity index is 1.87. The smallest absolute Gasteiger partial charge is 0.309 e. The van der Waals surface area contributed by atoms with E-state index in [-0.39, 0.29) is 29.0 Å². The molecule has 2 aliphatic rings. The summed E-state index contributed by atoms with van der Waals surface area (Å²) in [5.41, 5.74) is 2.36. The van der Waals surface area contributed by atoms with Gasteiger partial charge in [-0.05, 0) is 41.5 Å². The van der Waals surface area contributed by atoms with Crippen molar-refractivity contribution in [2.75, 3.05) is 7.11 Å². The van der Waals surface area contributed by atoms with Crippen LogP contribution in [-0.2, 0) is 14.9 Å². The first-order valence-electron chi connectivity index (χ1n) is 8.53. The van der Waals surface area contributed by atoms with E-state index in [0.717, 1.165) is 17.7 Å². The molecule has 130 valence electrons. The number of esters is 1. The van der Waals surface area contributed by atoms with Gasteiger partial charge in [0, 0.05) is 11.0 Å². The Labute approximate surface area is 146 Å². The van der Waals surface area contributed by atoms with Crippen LogP contribution in [0.3, 0.4) is 0 Å². The predicted octanol–water partition coefficient (Wildman–Crippen LogP) is 3.86. The SMILES string of the molecule is COC(=O)[C@@H]1C[C@H]2c3cc(-c4ccccc4F)nnc3C1(C)C2(C)C. The average molecular weight is 340 g/mol. The zero-order valence-electron chi connectivity index (χ0n) is 14.8. The fraction of sp³-hybridized carbons (Fsp3) is 0.450. The molecule has 2 aliphatic carbocycles. The number of methoxy groups -OCH3 is 1. The topological polar surface area (TPSA) is 52.1 Å². The Morgan fingerprint density at radius 3 is 2.64 bits per heavy atom. The average Bonchev–Trinajstić information content (AvgIpc) is 2.91. The molecule has 1 aromatic heterocycles. The van der Waals surface area contributed by atoms with Crippen molar-refractivity contribution in [3.63, 3.8) is 0 Å². The molecule has 2 aromatic rings. The standard InChI is InChI=1S/C20H21FN2O2/c1-19(2)13-10-14(18(24)25-4)20(19,3)17-12(13)9-16(22-23-17)11-7-5-6-8-15(11)21/h5-9,13-14H,10H2,1-4H3/t13-,14-,20?/m0/s1. The number of carbonyl (C=O) groups excluding carboxylic acids is 1. The lowest BCUT2D eigenvalue weighted by Gasteiger charge is -2.37. The number of rotatable bonds is 2. The summed E-state index contributed by atoms with van der Waals surface area (Å²) in [6.07, 6.45) is 0.728. The summed E-state index contributed by atoms with van der Waals surface area (Å²) < 4.78 is 19.2. The number of halogens is 1. The van der Waals surface area contributed by atoms with Gasteiger partial charge >= 0.3 is 5.97 Å². The van der Waals surface area contributed by atoms with Crippen LogP contribution in [0.5, 0.6) is 0 Å². The molecular weight excluding hydrogens is 319 g/mol. The second-order valence-corrected chi connectivity index (χ2v) is 7.80. The van der Waals surface area contributed by atoms with E-state index in [2.05, 4.69) is 31.0 Å². The normalized spacial score (nSPS) is 28.7. The Kier molecular flexibility index (Phi) is 3.30. The van der Waals surface area contributed by atoms with E-state index >= 15 is 0 Å². The summed E-state index contributed by atoms with van der Waals surface area (Å²) in [7, 11) is 1.43. The molecule has 0 N–H and O–H groups in total. The number of aromatic nitrogens is 2. The number of ether oxygens (including phenoxy) is 1. The van der Waals surface area contributed by atoms with Crippen LogP contribution in [0.1, 0.15) is 44.4 Å². The molecule has 2 bridgehead atoms. The van der Waals surface area contributed by atoms with E-state index in [9.17, 15) is 9.18 Å². The molecule has 3 atom stereocenters. The third-order valence-corrected chi connectivity index (χ3v) is 6.70. The van der Waals surface area contributed by atoms with Crippen LogP contribution >= 0.6 is 0 Å². The van der Waals surface area contributed by atoms with Crippen LogP contribution in [0.25, 0.3) is 11.3 Å². The third kappa shape index (κ3) is 1.89. The van der Waals surface area contributed by atoms with Gasteiger partial charge < -0.3 is 4.74 Å². The fourth-order valence-electron chi connectivity index (χ4n) is 4.91. The number of hydrogen-bond donors (Lipinski definition) is 0. The summed E-state index contributed by atoms with van der Waals surface area (Å²) in [6.45, 7) is 6.42. The van der Waals surface area contributed by atoms with Crippen molar-refractivity contribution in [1.29, 1.82) is 0 Å². The summed E-state index contributed by atoms with van der Waals surface area (Å²) in [5, 5.41) is 8.76. The first kappa shape index (κ1) is 16.2. The Morgan fingerprint density at radius 2 is 1.96 bits per heavy atom. The van der Waals surface area contributed by atoms with Gasteiger partial charge in [-0.2, -0.15) is 10.2 Å². The molecule has 0 amide bonds. The Morgan fingerprint density at radius 1 is 1.24 bits per heavy atom. The van der Waals surface area contributed by atoms with Gasteiger partial charge in [0.25, 0.3) is 0 Å². The van der Waals surface area contributed by atoms with E-state index < -0.39 is 5.41 Å². The van der Waals surface area contributed by atoms with E-state index in [1.54, 1.807) is 18.2 Å². The van der Waals surface area contributed by atoms with Gasteiger partial charge in [-0.1, -0.05) is 32.9 Å². The van der Waals surface area contributed by atoms with Gasteiger partial charge in [-0.15, -0.1) is 0 Å². The van der Waals surface area contributed by atoms with E-state index in [1.807, 2.05) is 6.07 Å². The minimum absolute atomic E-state index is 0.142. The zero-order chi connectivity index (χ0) is 18.0. The Bertz CT molecular complexity index is 880. The minimum atomic E-state index is -0.430. The second-order valence-electron chi connectivity index (χ2n) is 7.80. The largest absolute Gasteiger partial charge is 0.469 e.